The Kier molecular flexibility index (Phi) is 6.05. The van der Waals surface area contributed by atoms with Gasteiger partial charge in [0.2, 0.25) is 12.7 Å². The minimum atomic E-state index is -0.679. The van der Waals surface area contributed by atoms with Crippen LogP contribution in [0.25, 0.3) is 0 Å². The van der Waals surface area contributed by atoms with Gasteiger partial charge in [-0.1, -0.05) is 25.1 Å². The number of carbonyl (C=O) groups is 1. The van der Waals surface area contributed by atoms with E-state index in [1.165, 1.54) is 6.92 Å². The summed E-state index contributed by atoms with van der Waals surface area (Å²) in [7, 11) is 0. The quantitative estimate of drug-likeness (QED) is 0.553. The third kappa shape index (κ3) is 4.13. The minimum Gasteiger partial charge on any atom is -0.494 e. The maximum absolute atomic E-state index is 13.4. The van der Waals surface area contributed by atoms with E-state index in [0.717, 1.165) is 11.0 Å². The summed E-state index contributed by atoms with van der Waals surface area (Å²) in [5, 5.41) is 20.6. The van der Waals surface area contributed by atoms with E-state index in [2.05, 4.69) is 0 Å². The number of fused-ring (bicyclic) bond motifs is 1. The monoisotopic (exact) mass is 446 g/mol. The highest BCUT2D eigenvalue weighted by molar-refractivity contribution is 6.11. The molecule has 0 saturated heterocycles. The summed E-state index contributed by atoms with van der Waals surface area (Å²) < 4.78 is 17.3. The van der Waals surface area contributed by atoms with Gasteiger partial charge in [-0.2, -0.15) is 5.26 Å². The zero-order chi connectivity index (χ0) is 23.5. The van der Waals surface area contributed by atoms with Gasteiger partial charge in [-0.3, -0.25) is 14.2 Å². The predicted octanol–water partition coefficient (Wildman–Crippen LogP) is 3.53. The molecule has 2 aromatic carbocycles. The van der Waals surface area contributed by atoms with Gasteiger partial charge < -0.3 is 19.3 Å². The third-order valence-corrected chi connectivity index (χ3v) is 5.37. The Labute approximate surface area is 190 Å². The molecular formula is C25H22N2O6. The number of ketones is 1. The van der Waals surface area contributed by atoms with E-state index in [4.69, 9.17) is 14.2 Å². The summed E-state index contributed by atoms with van der Waals surface area (Å²) in [5.74, 6) is 0.613. The number of hydrogen-bond acceptors (Lipinski definition) is 7. The fourth-order valence-electron chi connectivity index (χ4n) is 3.68. The first kappa shape index (κ1) is 22.0. The normalized spacial score (nSPS) is 11.8. The second-order valence-corrected chi connectivity index (χ2v) is 7.59. The van der Waals surface area contributed by atoms with E-state index >= 15 is 0 Å². The Morgan fingerprint density at radius 3 is 2.76 bits per heavy atom. The van der Waals surface area contributed by atoms with Crippen LogP contribution in [0.15, 0.2) is 47.3 Å². The van der Waals surface area contributed by atoms with Crippen LogP contribution in [0.3, 0.4) is 0 Å². The molecular weight excluding hydrogens is 424 g/mol. The molecule has 0 bridgehead atoms. The van der Waals surface area contributed by atoms with E-state index in [1.54, 1.807) is 42.5 Å². The van der Waals surface area contributed by atoms with Crippen LogP contribution >= 0.6 is 0 Å². The lowest BCUT2D eigenvalue weighted by molar-refractivity contribution is 0.103. The molecule has 0 spiro atoms. The van der Waals surface area contributed by atoms with E-state index in [-0.39, 0.29) is 35.6 Å². The average Bonchev–Trinajstić information content (AvgIpc) is 3.29. The molecule has 1 aliphatic heterocycles. The smallest absolute Gasteiger partial charge is 0.271 e. The third-order valence-electron chi connectivity index (χ3n) is 5.37. The van der Waals surface area contributed by atoms with Crippen molar-refractivity contribution in [1.29, 1.82) is 5.26 Å². The molecule has 8 nitrogen and oxygen atoms in total. The maximum Gasteiger partial charge on any atom is 0.271 e. The molecule has 2 heterocycles. The largest absolute Gasteiger partial charge is 0.494 e. The molecule has 0 radical (unpaired) electrons. The van der Waals surface area contributed by atoms with E-state index in [0.29, 0.717) is 29.4 Å². The van der Waals surface area contributed by atoms with Gasteiger partial charge in [0, 0.05) is 5.56 Å². The summed E-state index contributed by atoms with van der Waals surface area (Å²) in [6.45, 7) is 4.00. The van der Waals surface area contributed by atoms with Crippen LogP contribution in [-0.4, -0.2) is 28.9 Å². The standard InChI is InChI=1S/C25H22N2O6/c1-3-9-31-18-6-4-5-17(11-18)23(28)22-15(2)19(12-26)24(29)27(25(22)30)13-16-7-8-20-21(10-16)33-14-32-20/h4-8,10-11,30H,3,9,13-14H2,1-2H3. The number of carbonyl (C=O) groups excluding carboxylic acids is 1. The van der Waals surface area contributed by atoms with Gasteiger partial charge in [0.05, 0.1) is 18.7 Å². The van der Waals surface area contributed by atoms with Gasteiger partial charge in [0.1, 0.15) is 17.4 Å². The Morgan fingerprint density at radius 1 is 1.21 bits per heavy atom. The van der Waals surface area contributed by atoms with Crippen molar-refractivity contribution in [3.05, 3.63) is 80.6 Å². The molecule has 1 aromatic heterocycles. The van der Waals surface area contributed by atoms with E-state index in [1.807, 2.05) is 13.0 Å². The lowest BCUT2D eigenvalue weighted by Crippen LogP contribution is -2.27. The van der Waals surface area contributed by atoms with Crippen molar-refractivity contribution in [2.75, 3.05) is 13.4 Å². The molecule has 168 valence electrons. The van der Waals surface area contributed by atoms with Crippen LogP contribution in [0, 0.1) is 18.3 Å². The Bertz CT molecular complexity index is 1340. The molecule has 33 heavy (non-hydrogen) atoms. The first-order valence-corrected chi connectivity index (χ1v) is 10.5. The molecule has 0 aliphatic carbocycles. The van der Waals surface area contributed by atoms with Gasteiger partial charge in [-0.15, -0.1) is 0 Å². The van der Waals surface area contributed by atoms with Crippen LogP contribution in [0.4, 0.5) is 0 Å². The molecule has 0 saturated carbocycles. The fraction of sp³-hybridized carbons (Fsp3) is 0.240. The van der Waals surface area contributed by atoms with Crippen molar-refractivity contribution in [2.24, 2.45) is 0 Å². The molecule has 1 aliphatic rings. The predicted molar refractivity (Wildman–Crippen MR) is 119 cm³/mol. The van der Waals surface area contributed by atoms with Gasteiger partial charge >= 0.3 is 0 Å². The Hall–Kier alpha value is -4.25. The fourth-order valence-corrected chi connectivity index (χ4v) is 3.68. The van der Waals surface area contributed by atoms with E-state index in [9.17, 15) is 20.0 Å². The van der Waals surface area contributed by atoms with Crippen molar-refractivity contribution >= 4 is 5.78 Å². The molecule has 0 amide bonds. The van der Waals surface area contributed by atoms with E-state index < -0.39 is 17.2 Å². The zero-order valence-electron chi connectivity index (χ0n) is 18.3. The van der Waals surface area contributed by atoms with Gasteiger partial charge in [-0.05, 0) is 48.7 Å². The SMILES string of the molecule is CCCOc1cccc(C(=O)c2c(C)c(C#N)c(=O)n(Cc3ccc4c(c3)OCO4)c2O)c1. The highest BCUT2D eigenvalue weighted by Gasteiger charge is 2.25. The molecule has 0 unspecified atom stereocenters. The summed E-state index contributed by atoms with van der Waals surface area (Å²) in [5.41, 5.74) is 0.0697. The number of nitrogens with zero attached hydrogens (tertiary/aromatic N) is 2. The molecule has 1 N–H and O–H groups in total. The minimum absolute atomic E-state index is 0.0593. The second-order valence-electron chi connectivity index (χ2n) is 7.59. The molecule has 0 atom stereocenters. The Balaban J connectivity index is 1.78. The van der Waals surface area contributed by atoms with Gasteiger partial charge in [0.15, 0.2) is 17.3 Å². The Morgan fingerprint density at radius 2 is 2.00 bits per heavy atom. The molecule has 0 fully saturated rings. The number of aromatic hydroxyl groups is 1. The van der Waals surface area contributed by atoms with Crippen LogP contribution in [0.2, 0.25) is 0 Å². The number of hydrogen-bond donors (Lipinski definition) is 1. The first-order chi connectivity index (χ1) is 15.9. The van der Waals surface area contributed by atoms with Crippen molar-refractivity contribution < 1.29 is 24.1 Å². The van der Waals surface area contributed by atoms with Gasteiger partial charge in [0.25, 0.3) is 5.56 Å². The van der Waals surface area contributed by atoms with Gasteiger partial charge in [-0.25, -0.2) is 0 Å². The van der Waals surface area contributed by atoms with Crippen molar-refractivity contribution in [3.8, 4) is 29.2 Å². The van der Waals surface area contributed by atoms with Crippen molar-refractivity contribution in [2.45, 2.75) is 26.8 Å². The molecule has 4 rings (SSSR count). The molecule has 8 heteroatoms. The summed E-state index contributed by atoms with van der Waals surface area (Å²) in [4.78, 5) is 26.3. The highest BCUT2D eigenvalue weighted by atomic mass is 16.7. The summed E-state index contributed by atoms with van der Waals surface area (Å²) >= 11 is 0. The lowest BCUT2D eigenvalue weighted by Gasteiger charge is -2.16. The van der Waals surface area contributed by atoms with Crippen LogP contribution in [0.5, 0.6) is 23.1 Å². The number of benzene rings is 2. The zero-order valence-corrected chi connectivity index (χ0v) is 18.3. The lowest BCUT2D eigenvalue weighted by atomic mass is 9.97. The average molecular weight is 446 g/mol. The number of nitriles is 1. The number of rotatable bonds is 7. The van der Waals surface area contributed by atoms with Crippen molar-refractivity contribution in [1.82, 2.24) is 4.57 Å². The van der Waals surface area contributed by atoms with Crippen LogP contribution in [0.1, 0.15) is 46.0 Å². The number of pyridine rings is 1. The summed E-state index contributed by atoms with van der Waals surface area (Å²) in [6.07, 6.45) is 0.814. The van der Waals surface area contributed by atoms with Crippen LogP contribution < -0.4 is 19.8 Å². The second kappa shape index (κ2) is 9.09. The number of ether oxygens (including phenoxy) is 3. The first-order valence-electron chi connectivity index (χ1n) is 10.5. The van der Waals surface area contributed by atoms with Crippen molar-refractivity contribution in [3.63, 3.8) is 0 Å². The topological polar surface area (TPSA) is 111 Å². The summed E-state index contributed by atoms with van der Waals surface area (Å²) in [6, 6.07) is 13.6. The maximum atomic E-state index is 13.4. The molecule has 3 aromatic rings. The number of aromatic nitrogens is 1. The van der Waals surface area contributed by atoms with Crippen LogP contribution in [-0.2, 0) is 6.54 Å². The highest BCUT2D eigenvalue weighted by Crippen LogP contribution is 2.33.